The van der Waals surface area contributed by atoms with Gasteiger partial charge in [-0.25, -0.2) is 4.79 Å². The quantitative estimate of drug-likeness (QED) is 0.673. The van der Waals surface area contributed by atoms with Gasteiger partial charge in [0.25, 0.3) is 0 Å². The van der Waals surface area contributed by atoms with Crippen LogP contribution in [0.3, 0.4) is 0 Å². The fourth-order valence-electron chi connectivity index (χ4n) is 2.69. The number of aliphatic hydroxyl groups is 1. The van der Waals surface area contributed by atoms with E-state index in [0.717, 1.165) is 17.7 Å². The van der Waals surface area contributed by atoms with Crippen molar-refractivity contribution in [3.8, 4) is 0 Å². The molecule has 0 spiro atoms. The topological polar surface area (TPSA) is 69.6 Å². The zero-order valence-electron chi connectivity index (χ0n) is 9.53. The first kappa shape index (κ1) is 11.4. The summed E-state index contributed by atoms with van der Waals surface area (Å²) >= 11 is 0. The molecule has 2 atom stereocenters. The Kier molecular flexibility index (Phi) is 2.88. The van der Waals surface area contributed by atoms with Gasteiger partial charge in [-0.3, -0.25) is 9.69 Å². The monoisotopic (exact) mass is 226 g/mol. The van der Waals surface area contributed by atoms with Gasteiger partial charge in [0.2, 0.25) is 5.91 Å². The normalized spacial score (nSPS) is 35.4. The highest BCUT2D eigenvalue weighted by Gasteiger charge is 2.39. The van der Waals surface area contributed by atoms with Gasteiger partial charge in [0.15, 0.2) is 0 Å². The Labute approximate surface area is 94.8 Å². The largest absolute Gasteiger partial charge is 0.388 e. The van der Waals surface area contributed by atoms with Crippen LogP contribution in [0.15, 0.2) is 0 Å². The molecule has 1 aliphatic heterocycles. The average molecular weight is 226 g/mol. The number of β-amino-alcohol motifs (C(OH)–C–C–N with tert-alkyl or cyclic N) is 1. The Balaban J connectivity index is 2.02. The number of carbonyl (C=O) groups excluding carboxylic acids is 2. The van der Waals surface area contributed by atoms with E-state index < -0.39 is 5.60 Å². The Morgan fingerprint density at radius 1 is 1.56 bits per heavy atom. The highest BCUT2D eigenvalue weighted by molar-refractivity contribution is 6.02. The molecule has 0 bridgehead atoms. The minimum absolute atomic E-state index is 0.0600. The minimum Gasteiger partial charge on any atom is -0.388 e. The van der Waals surface area contributed by atoms with Crippen LogP contribution < -0.4 is 5.32 Å². The summed E-state index contributed by atoms with van der Waals surface area (Å²) < 4.78 is 0. The van der Waals surface area contributed by atoms with Crippen molar-refractivity contribution in [3.63, 3.8) is 0 Å². The molecule has 2 N–H and O–H groups in total. The van der Waals surface area contributed by atoms with Crippen LogP contribution in [-0.2, 0) is 4.79 Å². The van der Waals surface area contributed by atoms with Crippen molar-refractivity contribution in [3.05, 3.63) is 0 Å². The lowest BCUT2D eigenvalue weighted by Gasteiger charge is -2.37. The van der Waals surface area contributed by atoms with Gasteiger partial charge in [0.1, 0.15) is 0 Å². The third-order valence-corrected chi connectivity index (χ3v) is 3.46. The van der Waals surface area contributed by atoms with Gasteiger partial charge < -0.3 is 10.4 Å². The average Bonchev–Trinajstić information content (AvgIpc) is 2.49. The fourth-order valence-corrected chi connectivity index (χ4v) is 2.69. The van der Waals surface area contributed by atoms with Crippen molar-refractivity contribution in [1.29, 1.82) is 0 Å². The molecule has 5 heteroatoms. The second-order valence-electron chi connectivity index (χ2n) is 5.06. The predicted molar refractivity (Wildman–Crippen MR) is 57.7 cm³/mol. The lowest BCUT2D eigenvalue weighted by atomic mass is 9.78. The molecule has 1 saturated carbocycles. The van der Waals surface area contributed by atoms with Crippen LogP contribution in [0, 0.1) is 5.92 Å². The van der Waals surface area contributed by atoms with Crippen LogP contribution in [0.4, 0.5) is 4.79 Å². The van der Waals surface area contributed by atoms with E-state index in [0.29, 0.717) is 18.8 Å². The number of nitrogens with one attached hydrogen (secondary N) is 1. The van der Waals surface area contributed by atoms with Crippen LogP contribution in [0.5, 0.6) is 0 Å². The number of hydrogen-bond donors (Lipinski definition) is 2. The van der Waals surface area contributed by atoms with Gasteiger partial charge in [0, 0.05) is 0 Å². The Morgan fingerprint density at radius 2 is 2.31 bits per heavy atom. The molecule has 2 unspecified atom stereocenters. The Hall–Kier alpha value is -1.10. The molecule has 1 heterocycles. The molecule has 5 nitrogen and oxygen atoms in total. The van der Waals surface area contributed by atoms with E-state index in [1.165, 1.54) is 0 Å². The Morgan fingerprint density at radius 3 is 2.88 bits per heavy atom. The number of imide groups is 1. The van der Waals surface area contributed by atoms with Gasteiger partial charge in [-0.1, -0.05) is 19.8 Å². The first-order valence-electron chi connectivity index (χ1n) is 5.81. The third kappa shape index (κ3) is 2.19. The van der Waals surface area contributed by atoms with Gasteiger partial charge in [-0.15, -0.1) is 0 Å². The summed E-state index contributed by atoms with van der Waals surface area (Å²) in [6, 6.07) is -0.378. The van der Waals surface area contributed by atoms with E-state index in [9.17, 15) is 14.7 Å². The van der Waals surface area contributed by atoms with Crippen molar-refractivity contribution in [2.45, 2.75) is 38.2 Å². The molecule has 1 saturated heterocycles. The van der Waals surface area contributed by atoms with Gasteiger partial charge in [-0.2, -0.15) is 0 Å². The van der Waals surface area contributed by atoms with Crippen LogP contribution in [0.1, 0.15) is 32.6 Å². The van der Waals surface area contributed by atoms with Crippen molar-refractivity contribution >= 4 is 11.9 Å². The highest BCUT2D eigenvalue weighted by atomic mass is 16.3. The van der Waals surface area contributed by atoms with Crippen LogP contribution in [0.2, 0.25) is 0 Å². The zero-order valence-corrected chi connectivity index (χ0v) is 9.53. The first-order valence-corrected chi connectivity index (χ1v) is 5.81. The molecule has 16 heavy (non-hydrogen) atoms. The highest BCUT2D eigenvalue weighted by Crippen LogP contribution is 2.33. The summed E-state index contributed by atoms with van der Waals surface area (Å²) in [5.74, 6) is 0.219. The molecule has 0 radical (unpaired) electrons. The molecular formula is C11H18N2O3. The molecule has 3 amide bonds. The minimum atomic E-state index is -0.880. The number of amides is 3. The first-order chi connectivity index (χ1) is 7.50. The second kappa shape index (κ2) is 4.05. The molecule has 0 aromatic heterocycles. The lowest BCUT2D eigenvalue weighted by molar-refractivity contribution is -0.128. The molecule has 90 valence electrons. The van der Waals surface area contributed by atoms with Crippen molar-refractivity contribution in [2.75, 3.05) is 13.1 Å². The van der Waals surface area contributed by atoms with E-state index in [1.54, 1.807) is 0 Å². The standard InChI is InChI=1S/C11H18N2O3/c1-8-3-2-4-11(16,5-8)7-13-9(14)6-12-10(13)15/h8,16H,2-7H2,1H3,(H,12,15). The number of nitrogens with zero attached hydrogens (tertiary/aromatic N) is 1. The van der Waals surface area contributed by atoms with Gasteiger partial charge >= 0.3 is 6.03 Å². The number of urea groups is 1. The lowest BCUT2D eigenvalue weighted by Crippen LogP contribution is -2.48. The van der Waals surface area contributed by atoms with Crippen molar-refractivity contribution in [2.24, 2.45) is 5.92 Å². The third-order valence-electron chi connectivity index (χ3n) is 3.46. The predicted octanol–water partition coefficient (Wildman–Crippen LogP) is 0.479. The summed E-state index contributed by atoms with van der Waals surface area (Å²) in [6.07, 6.45) is 3.42. The van der Waals surface area contributed by atoms with Gasteiger partial charge in [0.05, 0.1) is 18.7 Å². The maximum atomic E-state index is 11.4. The zero-order chi connectivity index (χ0) is 11.8. The van der Waals surface area contributed by atoms with Crippen molar-refractivity contribution < 1.29 is 14.7 Å². The molecule has 2 fully saturated rings. The summed E-state index contributed by atoms with van der Waals surface area (Å²) in [7, 11) is 0. The number of rotatable bonds is 2. The van der Waals surface area contributed by atoms with Crippen molar-refractivity contribution in [1.82, 2.24) is 10.2 Å². The SMILES string of the molecule is CC1CCCC(O)(CN2C(=O)CNC2=O)C1. The van der Waals surface area contributed by atoms with Gasteiger partial charge in [-0.05, 0) is 18.8 Å². The maximum Gasteiger partial charge on any atom is 0.324 e. The number of hydrogen-bond acceptors (Lipinski definition) is 3. The smallest absolute Gasteiger partial charge is 0.324 e. The fraction of sp³-hybridized carbons (Fsp3) is 0.818. The molecule has 0 aromatic carbocycles. The van der Waals surface area contributed by atoms with E-state index in [-0.39, 0.29) is 25.0 Å². The van der Waals surface area contributed by atoms with Crippen LogP contribution in [-0.4, -0.2) is 40.6 Å². The molecule has 0 aromatic rings. The summed E-state index contributed by atoms with van der Waals surface area (Å²) in [6.45, 7) is 2.29. The van der Waals surface area contributed by atoms with E-state index in [2.05, 4.69) is 12.2 Å². The number of carbonyl (C=O) groups is 2. The summed E-state index contributed by atoms with van der Waals surface area (Å²) in [5.41, 5.74) is -0.880. The maximum absolute atomic E-state index is 11.4. The molecular weight excluding hydrogens is 208 g/mol. The molecule has 2 rings (SSSR count). The Bertz CT molecular complexity index is 302. The molecule has 2 aliphatic rings. The summed E-state index contributed by atoms with van der Waals surface area (Å²) in [5, 5.41) is 12.8. The van der Waals surface area contributed by atoms with E-state index >= 15 is 0 Å². The van der Waals surface area contributed by atoms with E-state index in [4.69, 9.17) is 0 Å². The molecule has 1 aliphatic carbocycles. The summed E-state index contributed by atoms with van der Waals surface area (Å²) in [4.78, 5) is 23.9. The van der Waals surface area contributed by atoms with Crippen LogP contribution >= 0.6 is 0 Å². The van der Waals surface area contributed by atoms with Crippen LogP contribution in [0.25, 0.3) is 0 Å². The van der Waals surface area contributed by atoms with E-state index in [1.807, 2.05) is 0 Å². The second-order valence-corrected chi connectivity index (χ2v) is 5.06.